The molecule has 0 aromatic heterocycles. The molecule has 0 bridgehead atoms. The molecule has 1 aliphatic carbocycles. The van der Waals surface area contributed by atoms with Gasteiger partial charge >= 0.3 is 0 Å². The molecule has 4 nitrogen and oxygen atoms in total. The van der Waals surface area contributed by atoms with Crippen LogP contribution in [0.4, 0.5) is 5.69 Å². The van der Waals surface area contributed by atoms with Gasteiger partial charge in [0.1, 0.15) is 0 Å². The summed E-state index contributed by atoms with van der Waals surface area (Å²) in [6.07, 6.45) is 1.42. The van der Waals surface area contributed by atoms with E-state index in [0.717, 1.165) is 33.8 Å². The molecular weight excluding hydrogens is 370 g/mol. The molecule has 2 aromatic carbocycles. The number of methoxy groups -OCH3 is 2. The van der Waals surface area contributed by atoms with Crippen molar-refractivity contribution in [3.05, 3.63) is 59.3 Å². The second-order valence-corrected chi connectivity index (χ2v) is 9.21. The lowest BCUT2D eigenvalue weighted by Crippen LogP contribution is -2.29. The Bertz CT molecular complexity index is 964. The fourth-order valence-corrected chi connectivity index (χ4v) is 5.35. The number of fused-ring (bicyclic) bond motifs is 1. The smallest absolute Gasteiger partial charge is 0.162 e. The first kappa shape index (κ1) is 18.9. The van der Waals surface area contributed by atoms with Crippen LogP contribution in [-0.4, -0.2) is 20.0 Å². The van der Waals surface area contributed by atoms with Crippen LogP contribution in [0.3, 0.4) is 0 Å². The van der Waals surface area contributed by atoms with E-state index in [1.54, 1.807) is 26.0 Å². The first-order valence-corrected chi connectivity index (χ1v) is 10.3. The quantitative estimate of drug-likeness (QED) is 0.732. The van der Waals surface area contributed by atoms with Crippen LogP contribution in [0.2, 0.25) is 0 Å². The largest absolute Gasteiger partial charge is 0.493 e. The van der Waals surface area contributed by atoms with E-state index in [1.807, 2.05) is 30.3 Å². The van der Waals surface area contributed by atoms with E-state index in [2.05, 4.69) is 31.3 Å². The standard InChI is InChI=1S/C23H25NO3S/c1-23(2)12-16-21(17(25)13-23)22(28-20-8-6-5-7-15(20)24-16)14-9-10-18(26-3)19(11-14)27-4/h5-11,22,24H,12-13H2,1-4H3/t22-/m0/s1. The first-order valence-electron chi connectivity index (χ1n) is 9.43. The lowest BCUT2D eigenvalue weighted by Gasteiger charge is -2.34. The second kappa shape index (κ2) is 7.21. The predicted octanol–water partition coefficient (Wildman–Crippen LogP) is 5.61. The monoisotopic (exact) mass is 395 g/mol. The number of thioether (sulfide) groups is 1. The zero-order chi connectivity index (χ0) is 19.9. The number of carbonyl (C=O) groups is 1. The summed E-state index contributed by atoms with van der Waals surface area (Å²) < 4.78 is 10.9. The third kappa shape index (κ3) is 3.39. The van der Waals surface area contributed by atoms with Gasteiger partial charge < -0.3 is 14.8 Å². The molecule has 0 unspecified atom stereocenters. The Balaban J connectivity index is 1.88. The number of anilines is 1. The summed E-state index contributed by atoms with van der Waals surface area (Å²) in [6.45, 7) is 4.32. The molecule has 0 saturated carbocycles. The minimum absolute atomic E-state index is 0.0466. The molecule has 0 fully saturated rings. The summed E-state index contributed by atoms with van der Waals surface area (Å²) in [5.41, 5.74) is 3.98. The Morgan fingerprint density at radius 1 is 1.04 bits per heavy atom. The van der Waals surface area contributed by atoms with Crippen LogP contribution >= 0.6 is 11.8 Å². The van der Waals surface area contributed by atoms with Gasteiger partial charge in [0.2, 0.25) is 0 Å². The number of rotatable bonds is 3. The van der Waals surface area contributed by atoms with Gasteiger partial charge in [-0.3, -0.25) is 4.79 Å². The average Bonchev–Trinajstić information content (AvgIpc) is 2.82. The second-order valence-electron chi connectivity index (χ2n) is 8.07. The molecule has 28 heavy (non-hydrogen) atoms. The Labute approximate surface area is 170 Å². The van der Waals surface area contributed by atoms with E-state index in [9.17, 15) is 4.79 Å². The van der Waals surface area contributed by atoms with Crippen molar-refractivity contribution in [1.82, 2.24) is 0 Å². The minimum atomic E-state index is -0.0884. The molecule has 0 saturated heterocycles. The molecule has 146 valence electrons. The van der Waals surface area contributed by atoms with Crippen LogP contribution < -0.4 is 14.8 Å². The van der Waals surface area contributed by atoms with Gasteiger partial charge in [-0.05, 0) is 41.7 Å². The van der Waals surface area contributed by atoms with E-state index in [-0.39, 0.29) is 16.4 Å². The van der Waals surface area contributed by atoms with Gasteiger partial charge in [0.05, 0.1) is 25.2 Å². The van der Waals surface area contributed by atoms with Gasteiger partial charge in [-0.15, -0.1) is 11.8 Å². The Kier molecular flexibility index (Phi) is 4.88. The van der Waals surface area contributed by atoms with Crippen LogP contribution in [0.1, 0.15) is 37.5 Å². The molecule has 1 N–H and O–H groups in total. The van der Waals surface area contributed by atoms with Crippen molar-refractivity contribution in [2.75, 3.05) is 19.5 Å². The van der Waals surface area contributed by atoms with Crippen molar-refractivity contribution in [1.29, 1.82) is 0 Å². The van der Waals surface area contributed by atoms with Crippen molar-refractivity contribution in [3.8, 4) is 11.5 Å². The molecule has 1 heterocycles. The number of para-hydroxylation sites is 1. The number of carbonyl (C=O) groups excluding carboxylic acids is 1. The summed E-state index contributed by atoms with van der Waals surface area (Å²) in [5, 5.41) is 3.49. The van der Waals surface area contributed by atoms with Gasteiger partial charge in [-0.25, -0.2) is 0 Å². The van der Waals surface area contributed by atoms with Crippen molar-refractivity contribution in [3.63, 3.8) is 0 Å². The first-order chi connectivity index (χ1) is 13.4. The van der Waals surface area contributed by atoms with Gasteiger partial charge in [0.25, 0.3) is 0 Å². The fourth-order valence-electron chi connectivity index (χ4n) is 4.02. The number of allylic oxidation sites excluding steroid dienone is 1. The summed E-state index contributed by atoms with van der Waals surface area (Å²) >= 11 is 1.72. The third-order valence-corrected chi connectivity index (χ3v) is 6.66. The number of Topliss-reactive ketones (excluding diaryl/α,β-unsaturated/α-hetero) is 1. The highest BCUT2D eigenvalue weighted by atomic mass is 32.2. The number of ether oxygens (including phenoxy) is 2. The number of hydrogen-bond donors (Lipinski definition) is 1. The van der Waals surface area contributed by atoms with E-state index in [0.29, 0.717) is 17.9 Å². The topological polar surface area (TPSA) is 47.6 Å². The normalized spacial score (nSPS) is 20.6. The SMILES string of the molecule is COc1ccc([C@@H]2Sc3ccccc3NC3=C2C(=O)CC(C)(C)C3)cc1OC. The van der Waals surface area contributed by atoms with Gasteiger partial charge in [0, 0.05) is 22.6 Å². The maximum absolute atomic E-state index is 13.2. The predicted molar refractivity (Wildman–Crippen MR) is 113 cm³/mol. The van der Waals surface area contributed by atoms with Crippen LogP contribution in [0, 0.1) is 5.41 Å². The summed E-state index contributed by atoms with van der Waals surface area (Å²) in [5.74, 6) is 1.59. The molecule has 1 aliphatic heterocycles. The summed E-state index contributed by atoms with van der Waals surface area (Å²) in [6, 6.07) is 14.2. The van der Waals surface area contributed by atoms with Crippen molar-refractivity contribution < 1.29 is 14.3 Å². The number of benzene rings is 2. The van der Waals surface area contributed by atoms with Crippen LogP contribution in [0.5, 0.6) is 11.5 Å². The maximum Gasteiger partial charge on any atom is 0.162 e. The van der Waals surface area contributed by atoms with Crippen molar-refractivity contribution in [2.24, 2.45) is 5.41 Å². The summed E-state index contributed by atoms with van der Waals surface area (Å²) in [7, 11) is 3.27. The highest BCUT2D eigenvalue weighted by Crippen LogP contribution is 2.52. The Hall–Kier alpha value is -2.40. The maximum atomic E-state index is 13.2. The van der Waals surface area contributed by atoms with Crippen LogP contribution in [0.25, 0.3) is 0 Å². The molecule has 0 radical (unpaired) electrons. The molecule has 5 heteroatoms. The molecule has 4 rings (SSSR count). The van der Waals surface area contributed by atoms with Crippen LogP contribution in [0.15, 0.2) is 58.6 Å². The third-order valence-electron chi connectivity index (χ3n) is 5.31. The minimum Gasteiger partial charge on any atom is -0.493 e. The van der Waals surface area contributed by atoms with Crippen molar-refractivity contribution >= 4 is 23.2 Å². The zero-order valence-corrected chi connectivity index (χ0v) is 17.5. The average molecular weight is 396 g/mol. The van der Waals surface area contributed by atoms with Crippen molar-refractivity contribution in [2.45, 2.75) is 36.8 Å². The van der Waals surface area contributed by atoms with Gasteiger partial charge in [-0.1, -0.05) is 32.0 Å². The molecule has 2 aliphatic rings. The van der Waals surface area contributed by atoms with Crippen LogP contribution in [-0.2, 0) is 4.79 Å². The molecule has 2 aromatic rings. The number of hydrogen-bond acceptors (Lipinski definition) is 5. The Morgan fingerprint density at radius 2 is 1.79 bits per heavy atom. The van der Waals surface area contributed by atoms with E-state index in [4.69, 9.17) is 9.47 Å². The van der Waals surface area contributed by atoms with E-state index >= 15 is 0 Å². The van der Waals surface area contributed by atoms with E-state index in [1.165, 1.54) is 0 Å². The molecule has 0 amide bonds. The van der Waals surface area contributed by atoms with Gasteiger partial charge in [0.15, 0.2) is 17.3 Å². The lowest BCUT2D eigenvalue weighted by molar-refractivity contribution is -0.118. The summed E-state index contributed by atoms with van der Waals surface area (Å²) in [4.78, 5) is 14.4. The number of nitrogens with one attached hydrogen (secondary N) is 1. The highest BCUT2D eigenvalue weighted by Gasteiger charge is 2.39. The Morgan fingerprint density at radius 3 is 2.54 bits per heavy atom. The molecule has 1 atom stereocenters. The van der Waals surface area contributed by atoms with Gasteiger partial charge in [-0.2, -0.15) is 0 Å². The molecule has 0 spiro atoms. The number of ketones is 1. The molecular formula is C23H25NO3S. The van der Waals surface area contributed by atoms with E-state index < -0.39 is 0 Å². The zero-order valence-electron chi connectivity index (χ0n) is 16.7. The lowest BCUT2D eigenvalue weighted by atomic mass is 9.74. The highest BCUT2D eigenvalue weighted by molar-refractivity contribution is 8.00. The fraction of sp³-hybridized carbons (Fsp3) is 0.348.